The van der Waals surface area contributed by atoms with E-state index in [-0.39, 0.29) is 0 Å². The molecule has 2 aromatic carbocycles. The van der Waals surface area contributed by atoms with E-state index < -0.39 is 0 Å². The van der Waals surface area contributed by atoms with E-state index in [1.807, 2.05) is 10.7 Å². The molecule has 3 aromatic rings. The van der Waals surface area contributed by atoms with Gasteiger partial charge >= 0.3 is 0 Å². The molecule has 0 N–H and O–H groups in total. The summed E-state index contributed by atoms with van der Waals surface area (Å²) in [5, 5.41) is 12.5. The lowest BCUT2D eigenvalue weighted by Gasteiger charge is -2.53. The van der Waals surface area contributed by atoms with Crippen LogP contribution in [0.25, 0.3) is 0 Å². The molecule has 30 heavy (non-hydrogen) atoms. The molecule has 1 aliphatic heterocycles. The Bertz CT molecular complexity index is 1060. The molecule has 0 unspecified atom stereocenters. The Morgan fingerprint density at radius 1 is 1.13 bits per heavy atom. The molecule has 5 nitrogen and oxygen atoms in total. The molecule has 5 heteroatoms. The monoisotopic (exact) mass is 400 g/mol. The van der Waals surface area contributed by atoms with Gasteiger partial charge in [0.15, 0.2) is 5.82 Å². The van der Waals surface area contributed by atoms with Crippen molar-refractivity contribution in [3.8, 4) is 5.75 Å². The minimum atomic E-state index is 0.319. The minimum absolute atomic E-state index is 0.319. The molecular formula is C25H28N4O. The van der Waals surface area contributed by atoms with Gasteiger partial charge in [0.25, 0.3) is 0 Å². The standard InChI is InChI=1S/C25H28N4O/c1-25-12-11-21-20-10-8-19(30-15-17-5-3-2-4-6-17)13-18(20)7-9-22(21)23(25)14-24-26-27-28-29(24)16-25/h2-6,8,10,13,21-23H,7,9,11-12,14-16H2,1H3/t21-,22-,23+,25-/m1/s1. The number of aromatic nitrogens is 4. The van der Waals surface area contributed by atoms with Crippen molar-refractivity contribution in [2.75, 3.05) is 0 Å². The highest BCUT2D eigenvalue weighted by Crippen LogP contribution is 2.57. The molecule has 2 aliphatic carbocycles. The molecule has 0 saturated heterocycles. The summed E-state index contributed by atoms with van der Waals surface area (Å²) >= 11 is 0. The fourth-order valence-corrected chi connectivity index (χ4v) is 6.41. The normalized spacial score (nSPS) is 29.3. The fourth-order valence-electron chi connectivity index (χ4n) is 6.41. The van der Waals surface area contributed by atoms with Crippen molar-refractivity contribution in [1.29, 1.82) is 0 Å². The first-order valence-corrected chi connectivity index (χ1v) is 11.2. The number of hydrogen-bond donors (Lipinski definition) is 0. The highest BCUT2D eigenvalue weighted by atomic mass is 16.5. The average Bonchev–Trinajstić information content (AvgIpc) is 3.22. The smallest absolute Gasteiger partial charge is 0.151 e. The van der Waals surface area contributed by atoms with Crippen LogP contribution in [0.15, 0.2) is 48.5 Å². The van der Waals surface area contributed by atoms with Gasteiger partial charge in [0.2, 0.25) is 0 Å². The van der Waals surface area contributed by atoms with Gasteiger partial charge in [0.1, 0.15) is 12.4 Å². The van der Waals surface area contributed by atoms with Crippen LogP contribution in [-0.4, -0.2) is 20.2 Å². The number of rotatable bonds is 3. The maximum absolute atomic E-state index is 6.10. The third-order valence-electron chi connectivity index (χ3n) is 7.98. The molecule has 1 saturated carbocycles. The first kappa shape index (κ1) is 18.1. The number of fused-ring (bicyclic) bond motifs is 6. The van der Waals surface area contributed by atoms with Crippen molar-refractivity contribution in [2.24, 2.45) is 17.3 Å². The van der Waals surface area contributed by atoms with Crippen molar-refractivity contribution < 1.29 is 4.74 Å². The van der Waals surface area contributed by atoms with E-state index in [0.29, 0.717) is 23.9 Å². The highest BCUT2D eigenvalue weighted by molar-refractivity contribution is 5.41. The van der Waals surface area contributed by atoms with Gasteiger partial charge in [-0.05, 0) is 88.1 Å². The predicted octanol–water partition coefficient (Wildman–Crippen LogP) is 4.57. The van der Waals surface area contributed by atoms with Crippen LogP contribution in [0.5, 0.6) is 5.75 Å². The van der Waals surface area contributed by atoms with E-state index in [0.717, 1.165) is 36.9 Å². The summed E-state index contributed by atoms with van der Waals surface area (Å²) in [7, 11) is 0. The lowest BCUT2D eigenvalue weighted by molar-refractivity contribution is -0.00294. The van der Waals surface area contributed by atoms with Gasteiger partial charge in [0, 0.05) is 6.42 Å². The average molecular weight is 401 g/mol. The van der Waals surface area contributed by atoms with Crippen LogP contribution in [0, 0.1) is 17.3 Å². The lowest BCUT2D eigenvalue weighted by atomic mass is 9.53. The van der Waals surface area contributed by atoms with Gasteiger partial charge in [-0.3, -0.25) is 0 Å². The van der Waals surface area contributed by atoms with Crippen LogP contribution in [0.1, 0.15) is 54.6 Å². The molecular weight excluding hydrogens is 372 g/mol. The van der Waals surface area contributed by atoms with Crippen LogP contribution in [-0.2, 0) is 26.0 Å². The topological polar surface area (TPSA) is 52.8 Å². The molecule has 0 spiro atoms. The summed E-state index contributed by atoms with van der Waals surface area (Å²) in [5.41, 5.74) is 4.58. The summed E-state index contributed by atoms with van der Waals surface area (Å²) in [4.78, 5) is 0. The Hall–Kier alpha value is -2.69. The minimum Gasteiger partial charge on any atom is -0.489 e. The molecule has 3 aliphatic rings. The Morgan fingerprint density at radius 3 is 2.93 bits per heavy atom. The Labute approximate surface area is 177 Å². The van der Waals surface area contributed by atoms with Crippen molar-refractivity contribution >= 4 is 0 Å². The zero-order valence-corrected chi connectivity index (χ0v) is 17.5. The molecule has 4 atom stereocenters. The maximum Gasteiger partial charge on any atom is 0.151 e. The Morgan fingerprint density at radius 2 is 2.03 bits per heavy atom. The van der Waals surface area contributed by atoms with Gasteiger partial charge in [-0.1, -0.05) is 43.3 Å². The third kappa shape index (κ3) is 2.94. The third-order valence-corrected chi connectivity index (χ3v) is 7.98. The predicted molar refractivity (Wildman–Crippen MR) is 114 cm³/mol. The number of hydrogen-bond acceptors (Lipinski definition) is 4. The van der Waals surface area contributed by atoms with Crippen LogP contribution in [0.2, 0.25) is 0 Å². The summed E-state index contributed by atoms with van der Waals surface area (Å²) in [6, 6.07) is 17.2. The molecule has 0 radical (unpaired) electrons. The number of benzene rings is 2. The van der Waals surface area contributed by atoms with E-state index >= 15 is 0 Å². The van der Waals surface area contributed by atoms with Crippen molar-refractivity contribution in [1.82, 2.24) is 20.2 Å². The van der Waals surface area contributed by atoms with E-state index in [9.17, 15) is 0 Å². The van der Waals surface area contributed by atoms with E-state index in [4.69, 9.17) is 4.74 Å². The van der Waals surface area contributed by atoms with Gasteiger partial charge in [-0.25, -0.2) is 4.68 Å². The second-order valence-electron chi connectivity index (χ2n) is 9.70. The van der Waals surface area contributed by atoms with Crippen molar-refractivity contribution in [3.05, 3.63) is 71.0 Å². The summed E-state index contributed by atoms with van der Waals surface area (Å²) in [6.45, 7) is 4.07. The molecule has 6 rings (SSSR count). The van der Waals surface area contributed by atoms with Gasteiger partial charge in [-0.15, -0.1) is 5.10 Å². The Balaban J connectivity index is 1.23. The first-order valence-electron chi connectivity index (χ1n) is 11.2. The second-order valence-corrected chi connectivity index (χ2v) is 9.70. The van der Waals surface area contributed by atoms with E-state index in [1.54, 1.807) is 5.56 Å². The van der Waals surface area contributed by atoms with Crippen LogP contribution in [0.3, 0.4) is 0 Å². The quantitative estimate of drug-likeness (QED) is 0.646. The molecule has 154 valence electrons. The second kappa shape index (κ2) is 6.93. The fraction of sp³-hybridized carbons (Fsp3) is 0.480. The van der Waals surface area contributed by atoms with E-state index in [1.165, 1.54) is 30.4 Å². The Kier molecular flexibility index (Phi) is 4.18. The maximum atomic E-state index is 6.10. The van der Waals surface area contributed by atoms with Gasteiger partial charge < -0.3 is 4.74 Å². The van der Waals surface area contributed by atoms with Crippen LogP contribution in [0.4, 0.5) is 0 Å². The zero-order valence-electron chi connectivity index (χ0n) is 17.5. The first-order chi connectivity index (χ1) is 14.7. The van der Waals surface area contributed by atoms with Crippen molar-refractivity contribution in [3.63, 3.8) is 0 Å². The molecule has 1 aromatic heterocycles. The van der Waals surface area contributed by atoms with E-state index in [2.05, 4.69) is 64.9 Å². The van der Waals surface area contributed by atoms with Gasteiger partial charge in [-0.2, -0.15) is 0 Å². The van der Waals surface area contributed by atoms with Crippen molar-refractivity contribution in [2.45, 2.75) is 58.1 Å². The number of aryl methyl sites for hydroxylation is 1. The largest absolute Gasteiger partial charge is 0.489 e. The number of ether oxygens (including phenoxy) is 1. The summed E-state index contributed by atoms with van der Waals surface area (Å²) < 4.78 is 8.15. The molecule has 1 fully saturated rings. The lowest BCUT2D eigenvalue weighted by Crippen LogP contribution is -2.49. The highest BCUT2D eigenvalue weighted by Gasteiger charge is 2.51. The summed E-state index contributed by atoms with van der Waals surface area (Å²) in [6.07, 6.45) is 5.96. The van der Waals surface area contributed by atoms with Crippen LogP contribution < -0.4 is 4.74 Å². The number of nitrogens with zero attached hydrogens (tertiary/aromatic N) is 4. The molecule has 0 amide bonds. The summed E-state index contributed by atoms with van der Waals surface area (Å²) in [5.74, 6) is 4.15. The van der Waals surface area contributed by atoms with Gasteiger partial charge in [0.05, 0.1) is 6.54 Å². The van der Waals surface area contributed by atoms with Crippen LogP contribution >= 0.6 is 0 Å². The zero-order chi connectivity index (χ0) is 20.1. The molecule has 0 bridgehead atoms. The SMILES string of the molecule is C[C@]12CC[C@@H]3c4ccc(OCc5ccccc5)cc4CC[C@H]3[C@@H]1Cc1nnnn1C2. The number of tetrazole rings is 1. The molecule has 2 heterocycles.